The molecule has 2 N–H and O–H groups in total. The predicted octanol–water partition coefficient (Wildman–Crippen LogP) is 4.06. The van der Waals surface area contributed by atoms with Crippen molar-refractivity contribution >= 4 is 46.2 Å². The summed E-state index contributed by atoms with van der Waals surface area (Å²) in [6, 6.07) is 7.97. The molecule has 194 valence electrons. The van der Waals surface area contributed by atoms with Crippen molar-refractivity contribution in [3.05, 3.63) is 46.1 Å². The highest BCUT2D eigenvalue weighted by Crippen LogP contribution is 2.40. The summed E-state index contributed by atoms with van der Waals surface area (Å²) >= 11 is 12.6. The molecule has 2 saturated heterocycles. The van der Waals surface area contributed by atoms with E-state index in [1.807, 2.05) is 24.4 Å². The van der Waals surface area contributed by atoms with E-state index in [-0.39, 0.29) is 5.54 Å². The number of likely N-dealkylation sites (N-methyl/N-ethyl adjacent to an activating group) is 1. The SMILES string of the molecule is CN1CCC2(CC1)Nc1cc(Cl)c(Cl)cc1NC2=NCc1ccnc(N(C)CCN2CCOCC2)c1. The Morgan fingerprint density at radius 2 is 1.81 bits per heavy atom. The number of aromatic nitrogens is 1. The van der Waals surface area contributed by atoms with E-state index in [2.05, 4.69) is 50.5 Å². The van der Waals surface area contributed by atoms with Gasteiger partial charge in [0, 0.05) is 52.5 Å². The summed E-state index contributed by atoms with van der Waals surface area (Å²) in [4.78, 5) is 16.7. The molecule has 0 bridgehead atoms. The van der Waals surface area contributed by atoms with Gasteiger partial charge in [0.15, 0.2) is 0 Å². The summed E-state index contributed by atoms with van der Waals surface area (Å²) in [6.45, 7) is 8.14. The van der Waals surface area contributed by atoms with E-state index >= 15 is 0 Å². The van der Waals surface area contributed by atoms with Gasteiger partial charge in [-0.1, -0.05) is 23.2 Å². The van der Waals surface area contributed by atoms with Crippen LogP contribution in [0.4, 0.5) is 17.2 Å². The van der Waals surface area contributed by atoms with Crippen LogP contribution in [-0.4, -0.2) is 92.7 Å². The number of halogens is 2. The zero-order valence-corrected chi connectivity index (χ0v) is 22.6. The molecule has 4 heterocycles. The third-order valence-corrected chi connectivity index (χ3v) is 8.18. The Morgan fingerprint density at radius 3 is 2.56 bits per heavy atom. The van der Waals surface area contributed by atoms with E-state index in [0.29, 0.717) is 16.6 Å². The summed E-state index contributed by atoms with van der Waals surface area (Å²) in [5, 5.41) is 8.44. The molecular weight excluding hydrogens is 497 g/mol. The molecular formula is C26H35Cl2N7O. The lowest BCUT2D eigenvalue weighted by molar-refractivity contribution is 0.0393. The van der Waals surface area contributed by atoms with Crippen molar-refractivity contribution in [3.63, 3.8) is 0 Å². The summed E-state index contributed by atoms with van der Waals surface area (Å²) in [7, 11) is 4.27. The van der Waals surface area contributed by atoms with Gasteiger partial charge in [-0.05, 0) is 49.7 Å². The lowest BCUT2D eigenvalue weighted by atomic mass is 9.84. The molecule has 3 aliphatic heterocycles. The van der Waals surface area contributed by atoms with Crippen molar-refractivity contribution in [1.82, 2.24) is 14.8 Å². The van der Waals surface area contributed by atoms with E-state index < -0.39 is 0 Å². The third kappa shape index (κ3) is 5.73. The van der Waals surface area contributed by atoms with Crippen LogP contribution in [0.1, 0.15) is 18.4 Å². The molecule has 0 radical (unpaired) electrons. The largest absolute Gasteiger partial charge is 0.379 e. The fourth-order valence-corrected chi connectivity index (χ4v) is 5.37. The van der Waals surface area contributed by atoms with Crippen LogP contribution in [0.15, 0.2) is 35.5 Å². The maximum absolute atomic E-state index is 6.32. The summed E-state index contributed by atoms with van der Waals surface area (Å²) in [5.41, 5.74) is 2.77. The number of hydrogen-bond acceptors (Lipinski definition) is 7. The van der Waals surface area contributed by atoms with Gasteiger partial charge in [0.05, 0.1) is 46.7 Å². The van der Waals surface area contributed by atoms with Gasteiger partial charge in [-0.2, -0.15) is 0 Å². The van der Waals surface area contributed by atoms with E-state index in [4.69, 9.17) is 32.9 Å². The highest BCUT2D eigenvalue weighted by molar-refractivity contribution is 6.42. The molecule has 0 atom stereocenters. The summed E-state index contributed by atoms with van der Waals surface area (Å²) in [5.74, 6) is 1.93. The first kappa shape index (κ1) is 25.5. The highest BCUT2D eigenvalue weighted by atomic mass is 35.5. The number of nitrogens with one attached hydrogen (secondary N) is 2. The number of morpholine rings is 1. The number of anilines is 3. The number of aliphatic imine (C=N–C) groups is 1. The third-order valence-electron chi connectivity index (χ3n) is 7.46. The number of pyridine rings is 1. The zero-order valence-electron chi connectivity index (χ0n) is 21.1. The number of nitrogens with zero attached hydrogens (tertiary/aromatic N) is 5. The zero-order chi connectivity index (χ0) is 25.1. The maximum atomic E-state index is 6.32. The standard InChI is InChI=1S/C26H35Cl2N7O/c1-33-7-4-26(5-8-33)25(31-22-16-20(27)21(28)17-23(22)32-26)30-18-19-3-6-29-24(15-19)34(2)9-10-35-11-13-36-14-12-35/h3,6,15-17,32H,4-5,7-14,18H2,1-2H3,(H,30,31). The average Bonchev–Trinajstić information content (AvgIpc) is 2.90. The second kappa shape index (κ2) is 11.1. The van der Waals surface area contributed by atoms with Crippen molar-refractivity contribution in [2.75, 3.05) is 82.1 Å². The van der Waals surface area contributed by atoms with E-state index in [1.165, 1.54) is 0 Å². The Balaban J connectivity index is 1.32. The lowest BCUT2D eigenvalue weighted by Crippen LogP contribution is -2.58. The highest BCUT2D eigenvalue weighted by Gasteiger charge is 2.42. The van der Waals surface area contributed by atoms with Crippen LogP contribution < -0.4 is 15.5 Å². The minimum absolute atomic E-state index is 0.249. The van der Waals surface area contributed by atoms with Crippen molar-refractivity contribution in [1.29, 1.82) is 0 Å². The number of hydrogen-bond donors (Lipinski definition) is 2. The van der Waals surface area contributed by atoms with Gasteiger partial charge < -0.3 is 25.2 Å². The Morgan fingerprint density at radius 1 is 1.08 bits per heavy atom. The van der Waals surface area contributed by atoms with Gasteiger partial charge >= 0.3 is 0 Å². The number of fused-ring (bicyclic) bond motifs is 1. The number of rotatable bonds is 6. The second-order valence-electron chi connectivity index (χ2n) is 10.0. The van der Waals surface area contributed by atoms with Crippen molar-refractivity contribution < 1.29 is 4.74 Å². The topological polar surface area (TPSA) is 68.3 Å². The lowest BCUT2D eigenvalue weighted by Gasteiger charge is -2.46. The summed E-state index contributed by atoms with van der Waals surface area (Å²) in [6.07, 6.45) is 3.80. The second-order valence-corrected chi connectivity index (χ2v) is 10.8. The van der Waals surface area contributed by atoms with Crippen molar-refractivity contribution in [2.45, 2.75) is 24.9 Å². The van der Waals surface area contributed by atoms with E-state index in [1.54, 1.807) is 0 Å². The first-order chi connectivity index (χ1) is 17.4. The Labute approximate surface area is 223 Å². The predicted molar refractivity (Wildman–Crippen MR) is 149 cm³/mol. The number of piperidine rings is 1. The number of ether oxygens (including phenoxy) is 1. The maximum Gasteiger partial charge on any atom is 0.128 e. The van der Waals surface area contributed by atoms with E-state index in [0.717, 1.165) is 93.9 Å². The van der Waals surface area contributed by atoms with Crippen molar-refractivity contribution in [2.24, 2.45) is 4.99 Å². The first-order valence-electron chi connectivity index (χ1n) is 12.7. The molecule has 0 aliphatic carbocycles. The minimum atomic E-state index is -0.249. The molecule has 10 heteroatoms. The minimum Gasteiger partial charge on any atom is -0.379 e. The monoisotopic (exact) mass is 531 g/mol. The smallest absolute Gasteiger partial charge is 0.128 e. The Kier molecular flexibility index (Phi) is 7.88. The molecule has 3 aliphatic rings. The van der Waals surface area contributed by atoms with Crippen LogP contribution in [0.3, 0.4) is 0 Å². The van der Waals surface area contributed by atoms with Crippen LogP contribution in [-0.2, 0) is 11.3 Å². The van der Waals surface area contributed by atoms with Gasteiger partial charge in [-0.15, -0.1) is 0 Å². The molecule has 1 aromatic carbocycles. The molecule has 1 aromatic heterocycles. The van der Waals surface area contributed by atoms with E-state index in [9.17, 15) is 0 Å². The van der Waals surface area contributed by atoms with Gasteiger partial charge in [0.25, 0.3) is 0 Å². The molecule has 8 nitrogen and oxygen atoms in total. The van der Waals surface area contributed by atoms with Crippen LogP contribution in [0, 0.1) is 0 Å². The molecule has 5 rings (SSSR count). The van der Waals surface area contributed by atoms with Crippen LogP contribution in [0.25, 0.3) is 0 Å². The van der Waals surface area contributed by atoms with Gasteiger partial charge in [-0.25, -0.2) is 4.98 Å². The number of likely N-dealkylation sites (tertiary alicyclic amines) is 1. The molecule has 0 amide bonds. The number of benzene rings is 1. The molecule has 0 saturated carbocycles. The number of amidine groups is 1. The summed E-state index contributed by atoms with van der Waals surface area (Å²) < 4.78 is 5.46. The van der Waals surface area contributed by atoms with Crippen LogP contribution in [0.2, 0.25) is 10.0 Å². The molecule has 0 unspecified atom stereocenters. The van der Waals surface area contributed by atoms with Crippen molar-refractivity contribution in [3.8, 4) is 0 Å². The van der Waals surface area contributed by atoms with Gasteiger partial charge in [0.2, 0.25) is 0 Å². The van der Waals surface area contributed by atoms with Gasteiger partial charge in [-0.3, -0.25) is 9.89 Å². The fourth-order valence-electron chi connectivity index (χ4n) is 5.04. The molecule has 2 aromatic rings. The first-order valence-corrected chi connectivity index (χ1v) is 13.4. The molecule has 36 heavy (non-hydrogen) atoms. The Bertz CT molecular complexity index is 1100. The van der Waals surface area contributed by atoms with Crippen LogP contribution in [0.5, 0.6) is 0 Å². The van der Waals surface area contributed by atoms with Gasteiger partial charge in [0.1, 0.15) is 11.7 Å². The average molecular weight is 533 g/mol. The quantitative estimate of drug-likeness (QED) is 0.582. The Hall–Kier alpha value is -2.10. The normalized spacial score (nSPS) is 21.2. The molecule has 2 fully saturated rings. The van der Waals surface area contributed by atoms with Crippen LogP contribution >= 0.6 is 23.2 Å². The molecule has 1 spiro atoms. The fraction of sp³-hybridized carbons (Fsp3) is 0.538.